The number of rotatable bonds is 8. The number of carbonyl (C=O) groups excluding carboxylic acids is 2. The van der Waals surface area contributed by atoms with Crippen LogP contribution in [-0.4, -0.2) is 19.2 Å². The first-order chi connectivity index (χ1) is 15.6. The Kier molecular flexibility index (Phi) is 6.47. The average molecular weight is 443 g/mol. The summed E-state index contributed by atoms with van der Waals surface area (Å²) < 4.78 is 12.6. The van der Waals surface area contributed by atoms with Crippen molar-refractivity contribution >= 4 is 39.6 Å². The quantitative estimate of drug-likeness (QED) is 0.173. The van der Waals surface area contributed by atoms with Crippen LogP contribution >= 0.6 is 11.3 Å². The topological polar surface area (TPSA) is 52.6 Å². The SMILES string of the molecule is CCc1ccccc1C(=O)c1sc2cc(OC)ccc2c1Oc1ccc(/C=C/C=O)cc1. The molecule has 0 fully saturated rings. The molecule has 32 heavy (non-hydrogen) atoms. The lowest BCUT2D eigenvalue weighted by molar-refractivity contribution is -0.104. The number of aryl methyl sites for hydroxylation is 1. The molecule has 0 aliphatic carbocycles. The fourth-order valence-electron chi connectivity index (χ4n) is 3.52. The molecule has 1 heterocycles. The lowest BCUT2D eigenvalue weighted by atomic mass is 10.0. The fraction of sp³-hybridized carbons (Fsp3) is 0.111. The van der Waals surface area contributed by atoms with Gasteiger partial charge >= 0.3 is 0 Å². The molecule has 4 rings (SSSR count). The number of benzene rings is 3. The van der Waals surface area contributed by atoms with Gasteiger partial charge in [-0.15, -0.1) is 11.3 Å². The highest BCUT2D eigenvalue weighted by molar-refractivity contribution is 7.21. The Morgan fingerprint density at radius 1 is 1.00 bits per heavy atom. The molecule has 0 amide bonds. The van der Waals surface area contributed by atoms with Gasteiger partial charge in [-0.3, -0.25) is 9.59 Å². The first-order valence-corrected chi connectivity index (χ1v) is 11.1. The predicted molar refractivity (Wildman–Crippen MR) is 129 cm³/mol. The zero-order valence-corrected chi connectivity index (χ0v) is 18.6. The smallest absolute Gasteiger partial charge is 0.207 e. The minimum atomic E-state index is -0.0526. The zero-order chi connectivity index (χ0) is 22.5. The van der Waals surface area contributed by atoms with Crippen LogP contribution in [0.25, 0.3) is 16.2 Å². The third-order valence-electron chi connectivity index (χ3n) is 5.17. The number of ether oxygens (including phenoxy) is 2. The Morgan fingerprint density at radius 2 is 1.75 bits per heavy atom. The van der Waals surface area contributed by atoms with Gasteiger partial charge in [-0.1, -0.05) is 49.4 Å². The van der Waals surface area contributed by atoms with E-state index in [1.807, 2.05) is 73.7 Å². The van der Waals surface area contributed by atoms with Crippen molar-refractivity contribution in [2.24, 2.45) is 0 Å². The van der Waals surface area contributed by atoms with E-state index in [1.165, 1.54) is 17.4 Å². The summed E-state index contributed by atoms with van der Waals surface area (Å²) in [6.07, 6.45) is 4.67. The first-order valence-electron chi connectivity index (χ1n) is 10.3. The maximum Gasteiger partial charge on any atom is 0.207 e. The summed E-state index contributed by atoms with van der Waals surface area (Å²) in [7, 11) is 1.62. The van der Waals surface area contributed by atoms with E-state index in [0.717, 1.165) is 39.7 Å². The Bertz CT molecular complexity index is 1300. The molecule has 3 aromatic carbocycles. The summed E-state index contributed by atoms with van der Waals surface area (Å²) in [6.45, 7) is 2.04. The van der Waals surface area contributed by atoms with E-state index < -0.39 is 0 Å². The Balaban J connectivity index is 1.80. The van der Waals surface area contributed by atoms with Gasteiger partial charge < -0.3 is 9.47 Å². The van der Waals surface area contributed by atoms with Gasteiger partial charge in [0.25, 0.3) is 0 Å². The van der Waals surface area contributed by atoms with E-state index in [-0.39, 0.29) is 5.78 Å². The lowest BCUT2D eigenvalue weighted by Crippen LogP contribution is -2.04. The minimum Gasteiger partial charge on any atom is -0.497 e. The van der Waals surface area contributed by atoms with Crippen LogP contribution in [-0.2, 0) is 11.2 Å². The minimum absolute atomic E-state index is 0.0526. The standard InChI is InChI=1S/C27H22O4S/c1-3-19-8-4-5-9-22(19)25(29)27-26(23-15-14-21(30-2)17-24(23)32-27)31-20-12-10-18(11-13-20)7-6-16-28/h4-17H,3H2,1-2H3/b7-6+. The highest BCUT2D eigenvalue weighted by atomic mass is 32.1. The highest BCUT2D eigenvalue weighted by Crippen LogP contribution is 2.43. The molecule has 5 heteroatoms. The number of fused-ring (bicyclic) bond motifs is 1. The molecule has 0 bridgehead atoms. The Hall–Kier alpha value is -3.70. The van der Waals surface area contributed by atoms with E-state index in [0.29, 0.717) is 21.9 Å². The first kappa shape index (κ1) is 21.5. The molecule has 0 saturated heterocycles. The molecule has 4 nitrogen and oxygen atoms in total. The Morgan fingerprint density at radius 3 is 2.47 bits per heavy atom. The predicted octanol–water partition coefficient (Wildman–Crippen LogP) is 6.71. The monoisotopic (exact) mass is 442 g/mol. The van der Waals surface area contributed by atoms with Crippen LogP contribution in [0.1, 0.15) is 33.3 Å². The van der Waals surface area contributed by atoms with Gasteiger partial charge in [0.15, 0.2) is 5.75 Å². The van der Waals surface area contributed by atoms with E-state index >= 15 is 0 Å². The molecule has 0 atom stereocenters. The molecular weight excluding hydrogens is 420 g/mol. The summed E-state index contributed by atoms with van der Waals surface area (Å²) in [6, 6.07) is 20.8. The Labute approximate surface area is 190 Å². The van der Waals surface area contributed by atoms with E-state index in [1.54, 1.807) is 13.2 Å². The molecule has 160 valence electrons. The van der Waals surface area contributed by atoms with Crippen LogP contribution in [0.15, 0.2) is 72.8 Å². The van der Waals surface area contributed by atoms with Gasteiger partial charge in [0, 0.05) is 15.6 Å². The number of carbonyl (C=O) groups is 2. The van der Waals surface area contributed by atoms with Crippen LogP contribution < -0.4 is 9.47 Å². The normalized spacial score (nSPS) is 11.1. The molecule has 0 unspecified atom stereocenters. The highest BCUT2D eigenvalue weighted by Gasteiger charge is 2.23. The van der Waals surface area contributed by atoms with Crippen molar-refractivity contribution in [2.75, 3.05) is 7.11 Å². The largest absolute Gasteiger partial charge is 0.497 e. The van der Waals surface area contributed by atoms with Crippen molar-refractivity contribution in [3.63, 3.8) is 0 Å². The van der Waals surface area contributed by atoms with Gasteiger partial charge in [0.2, 0.25) is 5.78 Å². The molecule has 4 aromatic rings. The van der Waals surface area contributed by atoms with Crippen LogP contribution in [0.3, 0.4) is 0 Å². The third kappa shape index (κ3) is 4.34. The van der Waals surface area contributed by atoms with Gasteiger partial charge in [-0.2, -0.15) is 0 Å². The molecular formula is C27H22O4S. The fourth-order valence-corrected chi connectivity index (χ4v) is 4.63. The summed E-state index contributed by atoms with van der Waals surface area (Å²) in [5.41, 5.74) is 2.58. The van der Waals surface area contributed by atoms with Gasteiger partial charge in [-0.25, -0.2) is 0 Å². The molecule has 1 aromatic heterocycles. The lowest BCUT2D eigenvalue weighted by Gasteiger charge is -2.10. The van der Waals surface area contributed by atoms with Crippen molar-refractivity contribution in [2.45, 2.75) is 13.3 Å². The van der Waals surface area contributed by atoms with Crippen molar-refractivity contribution < 1.29 is 19.1 Å². The number of methoxy groups -OCH3 is 1. The molecule has 0 radical (unpaired) electrons. The number of allylic oxidation sites excluding steroid dienone is 1. The molecule has 0 saturated carbocycles. The molecule has 0 aliphatic rings. The number of ketones is 1. The van der Waals surface area contributed by atoms with Gasteiger partial charge in [0.05, 0.1) is 7.11 Å². The second-order valence-electron chi connectivity index (χ2n) is 7.13. The van der Waals surface area contributed by atoms with Gasteiger partial charge in [0.1, 0.15) is 22.7 Å². The van der Waals surface area contributed by atoms with Gasteiger partial charge in [-0.05, 0) is 54.0 Å². The number of thiophene rings is 1. The van der Waals surface area contributed by atoms with E-state index in [2.05, 4.69) is 0 Å². The number of hydrogen-bond acceptors (Lipinski definition) is 5. The average Bonchev–Trinajstić information content (AvgIpc) is 3.20. The summed E-state index contributed by atoms with van der Waals surface area (Å²) in [5.74, 6) is 1.83. The van der Waals surface area contributed by atoms with E-state index in [4.69, 9.17) is 9.47 Å². The number of aldehydes is 1. The maximum atomic E-state index is 13.6. The second kappa shape index (κ2) is 9.62. The van der Waals surface area contributed by atoms with Crippen LogP contribution in [0.5, 0.6) is 17.2 Å². The summed E-state index contributed by atoms with van der Waals surface area (Å²) in [5, 5.41) is 0.859. The molecule has 0 spiro atoms. The van der Waals surface area contributed by atoms with Crippen molar-refractivity contribution in [3.8, 4) is 17.2 Å². The van der Waals surface area contributed by atoms with Crippen LogP contribution in [0, 0.1) is 0 Å². The summed E-state index contributed by atoms with van der Waals surface area (Å²) in [4.78, 5) is 24.7. The van der Waals surface area contributed by atoms with E-state index in [9.17, 15) is 9.59 Å². The number of hydrogen-bond donors (Lipinski definition) is 0. The maximum absolute atomic E-state index is 13.6. The van der Waals surface area contributed by atoms with Crippen molar-refractivity contribution in [1.82, 2.24) is 0 Å². The third-order valence-corrected chi connectivity index (χ3v) is 6.30. The van der Waals surface area contributed by atoms with Crippen molar-refractivity contribution in [1.29, 1.82) is 0 Å². The van der Waals surface area contributed by atoms with Crippen LogP contribution in [0.2, 0.25) is 0 Å². The molecule has 0 aliphatic heterocycles. The van der Waals surface area contributed by atoms with Crippen LogP contribution in [0.4, 0.5) is 0 Å². The zero-order valence-electron chi connectivity index (χ0n) is 17.8. The second-order valence-corrected chi connectivity index (χ2v) is 8.18. The van der Waals surface area contributed by atoms with Crippen molar-refractivity contribution in [3.05, 3.63) is 94.4 Å². The summed E-state index contributed by atoms with van der Waals surface area (Å²) >= 11 is 1.40. The molecule has 0 N–H and O–H groups in total.